The SMILES string of the molecule is c1cncc(-c2ccccc2[Si](c2ccccc2-c2cccnc2)(c2ccccc2-c2cccnc2)c2ccccc2-c2cccnc2)c1. The van der Waals surface area contributed by atoms with E-state index in [0.717, 1.165) is 44.5 Å². The minimum atomic E-state index is -3.32. The molecule has 0 aliphatic heterocycles. The van der Waals surface area contributed by atoms with E-state index in [1.54, 1.807) is 0 Å². The first-order valence-corrected chi connectivity index (χ1v) is 18.4. The number of benzene rings is 4. The third-order valence-electron chi connectivity index (χ3n) is 9.21. The maximum absolute atomic E-state index is 4.59. The van der Waals surface area contributed by atoms with Crippen molar-refractivity contribution >= 4 is 28.8 Å². The summed E-state index contributed by atoms with van der Waals surface area (Å²) in [4.78, 5) is 18.4. The smallest absolute Gasteiger partial charge is 0.182 e. The minimum absolute atomic E-state index is 1.08. The van der Waals surface area contributed by atoms with Crippen LogP contribution in [0.5, 0.6) is 0 Å². The Morgan fingerprint density at radius 3 is 0.735 bits per heavy atom. The summed E-state index contributed by atoms with van der Waals surface area (Å²) in [6.07, 6.45) is 15.3. The molecule has 8 aromatic rings. The van der Waals surface area contributed by atoms with Crippen LogP contribution in [0, 0.1) is 0 Å². The molecule has 4 aromatic carbocycles. The number of aromatic nitrogens is 4. The van der Waals surface area contributed by atoms with Crippen LogP contribution in [0.4, 0.5) is 0 Å². The van der Waals surface area contributed by atoms with Crippen LogP contribution in [0.2, 0.25) is 0 Å². The maximum atomic E-state index is 4.59. The van der Waals surface area contributed by atoms with Crippen molar-refractivity contribution in [2.75, 3.05) is 0 Å². The molecule has 5 heteroatoms. The highest BCUT2D eigenvalue weighted by atomic mass is 28.3. The minimum Gasteiger partial charge on any atom is -0.264 e. The third-order valence-corrected chi connectivity index (χ3v) is 14.2. The lowest BCUT2D eigenvalue weighted by Crippen LogP contribution is -2.76. The molecule has 4 heterocycles. The molecule has 0 bridgehead atoms. The molecular formula is C44H32N4Si. The molecule has 0 saturated carbocycles. The number of rotatable bonds is 8. The summed E-state index contributed by atoms with van der Waals surface area (Å²) in [5.74, 6) is 0. The molecule has 4 nitrogen and oxygen atoms in total. The summed E-state index contributed by atoms with van der Waals surface area (Å²) in [6.45, 7) is 0. The molecule has 8 rings (SSSR count). The van der Waals surface area contributed by atoms with Crippen LogP contribution < -0.4 is 20.7 Å². The van der Waals surface area contributed by atoms with Crippen molar-refractivity contribution in [1.29, 1.82) is 0 Å². The highest BCUT2D eigenvalue weighted by Gasteiger charge is 2.47. The van der Waals surface area contributed by atoms with Gasteiger partial charge in [0, 0.05) is 49.6 Å². The van der Waals surface area contributed by atoms with Crippen LogP contribution in [0.15, 0.2) is 195 Å². The lowest BCUT2D eigenvalue weighted by molar-refractivity contribution is 1.33. The van der Waals surface area contributed by atoms with Crippen LogP contribution in [0.25, 0.3) is 44.5 Å². The molecule has 0 saturated heterocycles. The monoisotopic (exact) mass is 644 g/mol. The largest absolute Gasteiger partial charge is 0.264 e. The van der Waals surface area contributed by atoms with E-state index in [9.17, 15) is 0 Å². The maximum Gasteiger partial charge on any atom is 0.182 e. The second kappa shape index (κ2) is 13.4. The molecular weight excluding hydrogens is 613 g/mol. The van der Waals surface area contributed by atoms with Gasteiger partial charge in [-0.25, -0.2) is 0 Å². The van der Waals surface area contributed by atoms with Crippen molar-refractivity contribution in [3.63, 3.8) is 0 Å². The lowest BCUT2D eigenvalue weighted by Gasteiger charge is -2.39. The van der Waals surface area contributed by atoms with Gasteiger partial charge in [-0.1, -0.05) is 121 Å². The van der Waals surface area contributed by atoms with Gasteiger partial charge in [-0.15, -0.1) is 0 Å². The van der Waals surface area contributed by atoms with Gasteiger partial charge in [0.15, 0.2) is 8.07 Å². The first kappa shape index (κ1) is 30.1. The van der Waals surface area contributed by atoms with Gasteiger partial charge < -0.3 is 0 Å². The summed E-state index contributed by atoms with van der Waals surface area (Å²) in [5.41, 5.74) is 8.93. The predicted molar refractivity (Wildman–Crippen MR) is 203 cm³/mol. The van der Waals surface area contributed by atoms with Crippen molar-refractivity contribution in [1.82, 2.24) is 19.9 Å². The van der Waals surface area contributed by atoms with E-state index in [0.29, 0.717) is 0 Å². The van der Waals surface area contributed by atoms with Crippen molar-refractivity contribution in [2.45, 2.75) is 0 Å². The second-order valence-electron chi connectivity index (χ2n) is 11.9. The average molecular weight is 645 g/mol. The number of pyridine rings is 4. The summed E-state index contributed by atoms with van der Waals surface area (Å²) < 4.78 is 0. The standard InChI is InChI=1S/C44H32N4Si/c1-5-21-41(37(17-1)33-13-9-25-45-29-33)49(42-22-6-2-18-38(42)34-14-10-26-46-30-34,43-23-7-3-19-39(43)35-15-11-27-47-31-35)44-24-8-4-20-40(44)36-16-12-28-48-32-36/h1-32H. The van der Waals surface area contributed by atoms with Gasteiger partial charge in [0.05, 0.1) is 0 Å². The Morgan fingerprint density at radius 1 is 0.265 bits per heavy atom. The molecule has 232 valence electrons. The Kier molecular flexibility index (Phi) is 8.24. The second-order valence-corrected chi connectivity index (χ2v) is 15.6. The quantitative estimate of drug-likeness (QED) is 0.129. The van der Waals surface area contributed by atoms with Gasteiger partial charge in [-0.05, 0) is 89.5 Å². The topological polar surface area (TPSA) is 51.6 Å². The Bertz CT molecular complexity index is 1990. The molecule has 0 spiro atoms. The zero-order chi connectivity index (χ0) is 32.9. The molecule has 49 heavy (non-hydrogen) atoms. The summed E-state index contributed by atoms with van der Waals surface area (Å²) >= 11 is 0. The molecule has 0 aliphatic carbocycles. The van der Waals surface area contributed by atoms with E-state index in [2.05, 4.69) is 141 Å². The molecule has 0 fully saturated rings. The average Bonchev–Trinajstić information content (AvgIpc) is 3.20. The fourth-order valence-corrected chi connectivity index (χ4v) is 12.9. The third kappa shape index (κ3) is 5.46. The number of hydrogen-bond acceptors (Lipinski definition) is 4. The van der Waals surface area contributed by atoms with Gasteiger partial charge >= 0.3 is 0 Å². The fourth-order valence-electron chi connectivity index (χ4n) is 7.21. The van der Waals surface area contributed by atoms with Crippen molar-refractivity contribution in [3.05, 3.63) is 195 Å². The summed E-state index contributed by atoms with van der Waals surface area (Å²) in [6, 6.07) is 52.4. The summed E-state index contributed by atoms with van der Waals surface area (Å²) in [5, 5.41) is 5.08. The van der Waals surface area contributed by atoms with E-state index >= 15 is 0 Å². The van der Waals surface area contributed by atoms with E-state index in [-0.39, 0.29) is 0 Å². The zero-order valence-electron chi connectivity index (χ0n) is 26.8. The van der Waals surface area contributed by atoms with Gasteiger partial charge in [0.1, 0.15) is 0 Å². The fraction of sp³-hybridized carbons (Fsp3) is 0. The predicted octanol–water partition coefficient (Wildman–Crippen LogP) is 7.31. The molecule has 0 aliphatic rings. The van der Waals surface area contributed by atoms with Crippen molar-refractivity contribution in [3.8, 4) is 44.5 Å². The number of hydrogen-bond donors (Lipinski definition) is 0. The van der Waals surface area contributed by atoms with Crippen LogP contribution in [-0.4, -0.2) is 28.0 Å². The van der Waals surface area contributed by atoms with Crippen molar-refractivity contribution in [2.24, 2.45) is 0 Å². The van der Waals surface area contributed by atoms with E-state index < -0.39 is 8.07 Å². The highest BCUT2D eigenvalue weighted by molar-refractivity contribution is 7.22. The van der Waals surface area contributed by atoms with Gasteiger partial charge in [0.25, 0.3) is 0 Å². The number of nitrogens with zero attached hydrogens (tertiary/aromatic N) is 4. The summed E-state index contributed by atoms with van der Waals surface area (Å²) in [7, 11) is -3.32. The normalized spacial score (nSPS) is 11.3. The van der Waals surface area contributed by atoms with Crippen LogP contribution >= 0.6 is 0 Å². The van der Waals surface area contributed by atoms with Crippen LogP contribution in [0.1, 0.15) is 0 Å². The molecule has 0 atom stereocenters. The molecule has 0 amide bonds. The molecule has 0 N–H and O–H groups in total. The molecule has 0 unspecified atom stereocenters. The van der Waals surface area contributed by atoms with E-state index in [1.165, 1.54) is 20.7 Å². The van der Waals surface area contributed by atoms with Gasteiger partial charge in [-0.2, -0.15) is 0 Å². The van der Waals surface area contributed by atoms with Crippen molar-refractivity contribution < 1.29 is 0 Å². The van der Waals surface area contributed by atoms with Crippen LogP contribution in [0.3, 0.4) is 0 Å². The highest BCUT2D eigenvalue weighted by Crippen LogP contribution is 2.30. The zero-order valence-corrected chi connectivity index (χ0v) is 27.8. The van der Waals surface area contributed by atoms with Gasteiger partial charge in [-0.3, -0.25) is 19.9 Å². The lowest BCUT2D eigenvalue weighted by atomic mass is 10.1. The molecule has 4 aromatic heterocycles. The Morgan fingerprint density at radius 2 is 0.510 bits per heavy atom. The van der Waals surface area contributed by atoms with E-state index in [1.807, 2.05) is 73.8 Å². The molecule has 0 radical (unpaired) electrons. The Hall–Kier alpha value is -6.30. The first-order valence-electron chi connectivity index (χ1n) is 16.4. The Labute approximate surface area is 287 Å². The van der Waals surface area contributed by atoms with Crippen LogP contribution in [-0.2, 0) is 0 Å². The van der Waals surface area contributed by atoms with Gasteiger partial charge in [0.2, 0.25) is 0 Å². The van der Waals surface area contributed by atoms with E-state index in [4.69, 9.17) is 0 Å². The first-order chi connectivity index (χ1) is 24.4. The Balaban J connectivity index is 1.63.